The second kappa shape index (κ2) is 8.33. The van der Waals surface area contributed by atoms with Crippen LogP contribution in [0.15, 0.2) is 30.3 Å². The Hall–Kier alpha value is -1.35. The molecule has 0 aromatic heterocycles. The lowest BCUT2D eigenvalue weighted by Crippen LogP contribution is -2.41. The lowest BCUT2D eigenvalue weighted by molar-refractivity contribution is -0.142. The van der Waals surface area contributed by atoms with Crippen molar-refractivity contribution in [2.75, 3.05) is 6.54 Å². The number of carboxylic acids is 1. The van der Waals surface area contributed by atoms with E-state index in [-0.39, 0.29) is 5.92 Å². The van der Waals surface area contributed by atoms with E-state index in [0.29, 0.717) is 24.4 Å². The number of carboxylic acid groups (broad SMARTS) is 1. The van der Waals surface area contributed by atoms with E-state index < -0.39 is 5.97 Å². The molecular weight excluding hydrogens is 274 g/mol. The van der Waals surface area contributed by atoms with E-state index in [0.717, 1.165) is 12.8 Å². The zero-order valence-electron chi connectivity index (χ0n) is 13.8. The van der Waals surface area contributed by atoms with Gasteiger partial charge < -0.3 is 10.4 Å². The van der Waals surface area contributed by atoms with Crippen LogP contribution in [0.2, 0.25) is 0 Å². The molecule has 3 nitrogen and oxygen atoms in total. The maximum Gasteiger partial charge on any atom is 0.307 e. The topological polar surface area (TPSA) is 49.3 Å². The lowest BCUT2D eigenvalue weighted by atomic mass is 9.79. The molecule has 1 saturated carbocycles. The van der Waals surface area contributed by atoms with Crippen molar-refractivity contribution >= 4 is 5.97 Å². The number of benzene rings is 1. The molecule has 1 aliphatic rings. The second-order valence-electron chi connectivity index (χ2n) is 6.98. The maximum atomic E-state index is 11.4. The number of carbonyl (C=O) groups is 1. The molecule has 3 atom stereocenters. The normalized spacial score (nSPS) is 23.4. The smallest absolute Gasteiger partial charge is 0.307 e. The van der Waals surface area contributed by atoms with E-state index in [2.05, 4.69) is 49.5 Å². The molecule has 0 spiro atoms. The predicted octanol–water partition coefficient (Wildman–Crippen LogP) is 4.05. The van der Waals surface area contributed by atoms with Gasteiger partial charge in [0.15, 0.2) is 0 Å². The average molecular weight is 303 g/mol. The highest BCUT2D eigenvalue weighted by atomic mass is 16.4. The molecule has 0 bridgehead atoms. The summed E-state index contributed by atoms with van der Waals surface area (Å²) in [5.41, 5.74) is 1.38. The van der Waals surface area contributed by atoms with Crippen LogP contribution in [0.3, 0.4) is 0 Å². The molecule has 3 unspecified atom stereocenters. The Bertz CT molecular complexity index is 458. The third-order valence-corrected chi connectivity index (χ3v) is 4.73. The predicted molar refractivity (Wildman–Crippen MR) is 90.0 cm³/mol. The summed E-state index contributed by atoms with van der Waals surface area (Å²) in [5.74, 6) is -0.0192. The van der Waals surface area contributed by atoms with Crippen LogP contribution >= 0.6 is 0 Å². The quantitative estimate of drug-likeness (QED) is 0.799. The van der Waals surface area contributed by atoms with Crippen LogP contribution in [0.5, 0.6) is 0 Å². The van der Waals surface area contributed by atoms with Gasteiger partial charge in [-0.25, -0.2) is 0 Å². The zero-order chi connectivity index (χ0) is 15.9. The highest BCUT2D eigenvalue weighted by Crippen LogP contribution is 2.33. The molecule has 1 aliphatic carbocycles. The van der Waals surface area contributed by atoms with Crippen LogP contribution in [-0.2, 0) is 4.79 Å². The summed E-state index contributed by atoms with van der Waals surface area (Å²) in [7, 11) is 0. The van der Waals surface area contributed by atoms with Crippen LogP contribution in [0.25, 0.3) is 0 Å². The van der Waals surface area contributed by atoms with Crippen molar-refractivity contribution in [3.8, 4) is 0 Å². The van der Waals surface area contributed by atoms with E-state index in [4.69, 9.17) is 0 Å². The number of rotatable bonds is 7. The van der Waals surface area contributed by atoms with E-state index in [9.17, 15) is 9.90 Å². The van der Waals surface area contributed by atoms with E-state index in [1.165, 1.54) is 24.8 Å². The van der Waals surface area contributed by atoms with Gasteiger partial charge in [-0.15, -0.1) is 0 Å². The van der Waals surface area contributed by atoms with Crippen molar-refractivity contribution in [1.82, 2.24) is 5.32 Å². The lowest BCUT2D eigenvalue weighted by Gasteiger charge is -2.33. The van der Waals surface area contributed by atoms with E-state index in [1.807, 2.05) is 0 Å². The molecule has 3 heteroatoms. The van der Waals surface area contributed by atoms with Crippen molar-refractivity contribution < 1.29 is 9.90 Å². The fraction of sp³-hybridized carbons (Fsp3) is 0.632. The molecule has 22 heavy (non-hydrogen) atoms. The first-order valence-corrected chi connectivity index (χ1v) is 8.59. The van der Waals surface area contributed by atoms with Gasteiger partial charge in [-0.05, 0) is 36.7 Å². The molecule has 122 valence electrons. The highest BCUT2D eigenvalue weighted by Gasteiger charge is 2.28. The minimum Gasteiger partial charge on any atom is -0.481 e. The second-order valence-corrected chi connectivity index (χ2v) is 6.98. The molecule has 0 radical (unpaired) electrons. The molecule has 0 saturated heterocycles. The van der Waals surface area contributed by atoms with Crippen LogP contribution < -0.4 is 5.32 Å². The fourth-order valence-corrected chi connectivity index (χ4v) is 3.61. The summed E-state index contributed by atoms with van der Waals surface area (Å²) in [6.45, 7) is 4.76. The van der Waals surface area contributed by atoms with Gasteiger partial charge in [0.05, 0.1) is 5.92 Å². The van der Waals surface area contributed by atoms with Gasteiger partial charge in [-0.1, -0.05) is 57.0 Å². The number of aliphatic carboxylic acids is 1. The summed E-state index contributed by atoms with van der Waals surface area (Å²) in [6, 6.07) is 11.1. The van der Waals surface area contributed by atoms with E-state index >= 15 is 0 Å². The maximum absolute atomic E-state index is 11.4. The number of hydrogen-bond donors (Lipinski definition) is 2. The van der Waals surface area contributed by atoms with Gasteiger partial charge in [0.1, 0.15) is 0 Å². The van der Waals surface area contributed by atoms with Crippen LogP contribution in [-0.4, -0.2) is 23.7 Å². The van der Waals surface area contributed by atoms with Gasteiger partial charge in [0, 0.05) is 12.6 Å². The summed E-state index contributed by atoms with van der Waals surface area (Å²) in [5, 5.41) is 13.0. The molecule has 2 rings (SSSR count). The third kappa shape index (κ3) is 4.84. The molecular formula is C19H29NO2. The first kappa shape index (κ1) is 17.0. The van der Waals surface area contributed by atoms with Crippen LogP contribution in [0.1, 0.15) is 57.4 Å². The van der Waals surface area contributed by atoms with Crippen molar-refractivity contribution in [2.45, 2.75) is 57.9 Å². The van der Waals surface area contributed by atoms with Crippen LogP contribution in [0, 0.1) is 11.8 Å². The minimum atomic E-state index is -0.673. The van der Waals surface area contributed by atoms with Gasteiger partial charge in [-0.3, -0.25) is 4.79 Å². The van der Waals surface area contributed by atoms with Gasteiger partial charge >= 0.3 is 5.97 Å². The summed E-state index contributed by atoms with van der Waals surface area (Å²) in [4.78, 5) is 11.4. The summed E-state index contributed by atoms with van der Waals surface area (Å²) in [6.07, 6.45) is 5.59. The summed E-state index contributed by atoms with van der Waals surface area (Å²) < 4.78 is 0. The number of hydrogen-bond acceptors (Lipinski definition) is 2. The Morgan fingerprint density at radius 3 is 2.55 bits per heavy atom. The van der Waals surface area contributed by atoms with Crippen molar-refractivity contribution in [1.29, 1.82) is 0 Å². The zero-order valence-corrected chi connectivity index (χ0v) is 13.8. The fourth-order valence-electron chi connectivity index (χ4n) is 3.61. The van der Waals surface area contributed by atoms with E-state index in [1.54, 1.807) is 0 Å². The Kier molecular flexibility index (Phi) is 6.44. The Morgan fingerprint density at radius 1 is 1.23 bits per heavy atom. The molecule has 0 heterocycles. The molecule has 0 aliphatic heterocycles. The average Bonchev–Trinajstić information content (AvgIpc) is 2.52. The SMILES string of the molecule is CC(C)CC(CNC1CCCCC1c1ccccc1)C(=O)O. The molecule has 0 amide bonds. The Balaban J connectivity index is 1.98. The first-order chi connectivity index (χ1) is 10.6. The Morgan fingerprint density at radius 2 is 1.91 bits per heavy atom. The monoisotopic (exact) mass is 303 g/mol. The van der Waals surface area contributed by atoms with Gasteiger partial charge in [-0.2, -0.15) is 0 Å². The largest absolute Gasteiger partial charge is 0.481 e. The van der Waals surface area contributed by atoms with Crippen molar-refractivity contribution in [2.24, 2.45) is 11.8 Å². The molecule has 2 N–H and O–H groups in total. The van der Waals surface area contributed by atoms with Gasteiger partial charge in [0.25, 0.3) is 0 Å². The van der Waals surface area contributed by atoms with Gasteiger partial charge in [0.2, 0.25) is 0 Å². The highest BCUT2D eigenvalue weighted by molar-refractivity contribution is 5.70. The third-order valence-electron chi connectivity index (χ3n) is 4.73. The molecule has 1 fully saturated rings. The first-order valence-electron chi connectivity index (χ1n) is 8.59. The number of nitrogens with one attached hydrogen (secondary N) is 1. The molecule has 1 aromatic carbocycles. The van der Waals surface area contributed by atoms with Crippen molar-refractivity contribution in [3.05, 3.63) is 35.9 Å². The molecule has 1 aromatic rings. The Labute approximate surface area is 134 Å². The standard InChI is InChI=1S/C19H29NO2/c1-14(2)12-16(19(21)22)13-20-18-11-7-6-10-17(18)15-8-4-3-5-9-15/h3-5,8-9,14,16-18,20H,6-7,10-13H2,1-2H3,(H,21,22). The summed E-state index contributed by atoms with van der Waals surface area (Å²) >= 11 is 0. The van der Waals surface area contributed by atoms with Crippen molar-refractivity contribution in [3.63, 3.8) is 0 Å². The minimum absolute atomic E-state index is 0.279. The van der Waals surface area contributed by atoms with Crippen LogP contribution in [0.4, 0.5) is 0 Å².